The molecule has 29 heavy (non-hydrogen) atoms. The molecule has 6 nitrogen and oxygen atoms in total. The number of methoxy groups -OCH3 is 1. The number of amides is 2. The second kappa shape index (κ2) is 10.6. The second-order valence-electron chi connectivity index (χ2n) is 7.21. The molecule has 0 bridgehead atoms. The maximum absolute atomic E-state index is 12.3. The third-order valence-corrected chi connectivity index (χ3v) is 5.23. The number of benzene rings is 2. The molecule has 1 aliphatic heterocycles. The molecular formula is C23H29N3O3. The summed E-state index contributed by atoms with van der Waals surface area (Å²) in [4.78, 5) is 26.8. The van der Waals surface area contributed by atoms with Crippen LogP contribution in [0.25, 0.3) is 0 Å². The van der Waals surface area contributed by atoms with Gasteiger partial charge in [0, 0.05) is 25.1 Å². The van der Waals surface area contributed by atoms with Crippen molar-refractivity contribution in [1.82, 2.24) is 15.5 Å². The third kappa shape index (κ3) is 6.06. The number of carbonyl (C=O) groups excluding carboxylic acids is 2. The Bertz CT molecular complexity index is 804. The van der Waals surface area contributed by atoms with Gasteiger partial charge in [0.1, 0.15) is 5.75 Å². The summed E-state index contributed by atoms with van der Waals surface area (Å²) in [5.74, 6) is 0.594. The standard InChI is InChI=1S/C23H29N3O3/c1-29-20-11-7-10-19(16-20)21(26-14-5-6-15-26)17-25-22(27)12-13-24-23(28)18-8-3-2-4-9-18/h2-4,7-11,16,21H,5-6,12-15,17H2,1H3,(H,24,28)(H,25,27). The van der Waals surface area contributed by atoms with Gasteiger partial charge in [-0.3, -0.25) is 14.5 Å². The molecule has 2 N–H and O–H groups in total. The average Bonchev–Trinajstić information content (AvgIpc) is 3.29. The lowest BCUT2D eigenvalue weighted by Gasteiger charge is -2.28. The van der Waals surface area contributed by atoms with Crippen molar-refractivity contribution in [2.75, 3.05) is 33.3 Å². The lowest BCUT2D eigenvalue weighted by atomic mass is 10.0. The quantitative estimate of drug-likeness (QED) is 0.685. The molecule has 1 aliphatic rings. The van der Waals surface area contributed by atoms with Crippen LogP contribution in [-0.4, -0.2) is 50.0 Å². The number of rotatable bonds is 9. The van der Waals surface area contributed by atoms with Crippen LogP contribution in [0.4, 0.5) is 0 Å². The van der Waals surface area contributed by atoms with E-state index in [9.17, 15) is 9.59 Å². The molecule has 154 valence electrons. The van der Waals surface area contributed by atoms with Gasteiger partial charge in [0.15, 0.2) is 0 Å². The van der Waals surface area contributed by atoms with E-state index in [1.165, 1.54) is 12.8 Å². The highest BCUT2D eigenvalue weighted by atomic mass is 16.5. The maximum Gasteiger partial charge on any atom is 0.251 e. The number of hydrogen-bond acceptors (Lipinski definition) is 4. The molecule has 0 radical (unpaired) electrons. The third-order valence-electron chi connectivity index (χ3n) is 5.23. The van der Waals surface area contributed by atoms with Crippen LogP contribution in [0.15, 0.2) is 54.6 Å². The van der Waals surface area contributed by atoms with E-state index >= 15 is 0 Å². The van der Waals surface area contributed by atoms with Crippen LogP contribution in [0.5, 0.6) is 5.75 Å². The zero-order chi connectivity index (χ0) is 20.5. The predicted molar refractivity (Wildman–Crippen MR) is 113 cm³/mol. The van der Waals surface area contributed by atoms with Crippen LogP contribution in [0.2, 0.25) is 0 Å². The van der Waals surface area contributed by atoms with Crippen LogP contribution >= 0.6 is 0 Å². The molecule has 0 saturated carbocycles. The molecule has 6 heteroatoms. The molecule has 3 rings (SSSR count). The van der Waals surface area contributed by atoms with Gasteiger partial charge in [-0.1, -0.05) is 30.3 Å². The van der Waals surface area contributed by atoms with Crippen molar-refractivity contribution in [2.45, 2.75) is 25.3 Å². The van der Waals surface area contributed by atoms with E-state index < -0.39 is 0 Å². The monoisotopic (exact) mass is 395 g/mol. The van der Waals surface area contributed by atoms with E-state index in [0.717, 1.165) is 24.4 Å². The Morgan fingerprint density at radius 1 is 1.03 bits per heavy atom. The lowest BCUT2D eigenvalue weighted by molar-refractivity contribution is -0.121. The molecule has 1 fully saturated rings. The van der Waals surface area contributed by atoms with Crippen LogP contribution in [0.1, 0.15) is 41.2 Å². The van der Waals surface area contributed by atoms with Crippen LogP contribution in [-0.2, 0) is 4.79 Å². The number of nitrogens with zero attached hydrogens (tertiary/aromatic N) is 1. The van der Waals surface area contributed by atoms with Crippen LogP contribution < -0.4 is 15.4 Å². The minimum Gasteiger partial charge on any atom is -0.497 e. The number of carbonyl (C=O) groups is 2. The summed E-state index contributed by atoms with van der Waals surface area (Å²) in [5, 5.41) is 5.83. The van der Waals surface area contributed by atoms with Gasteiger partial charge in [-0.2, -0.15) is 0 Å². The molecule has 2 amide bonds. The molecule has 1 heterocycles. The predicted octanol–water partition coefficient (Wildman–Crippen LogP) is 2.77. The van der Waals surface area contributed by atoms with Crippen molar-refractivity contribution >= 4 is 11.8 Å². The summed E-state index contributed by atoms with van der Waals surface area (Å²) < 4.78 is 5.36. The fourth-order valence-corrected chi connectivity index (χ4v) is 3.64. The van der Waals surface area contributed by atoms with Gasteiger partial charge in [-0.25, -0.2) is 0 Å². The van der Waals surface area contributed by atoms with Crippen molar-refractivity contribution in [3.63, 3.8) is 0 Å². The van der Waals surface area contributed by atoms with Gasteiger partial charge in [0.05, 0.1) is 13.2 Å². The highest BCUT2D eigenvalue weighted by Crippen LogP contribution is 2.27. The van der Waals surface area contributed by atoms with E-state index in [2.05, 4.69) is 21.6 Å². The molecule has 0 aliphatic carbocycles. The molecule has 1 saturated heterocycles. The highest BCUT2D eigenvalue weighted by Gasteiger charge is 2.24. The van der Waals surface area contributed by atoms with E-state index in [1.807, 2.05) is 36.4 Å². The van der Waals surface area contributed by atoms with Gasteiger partial charge in [-0.15, -0.1) is 0 Å². The Morgan fingerprint density at radius 2 is 1.79 bits per heavy atom. The Hall–Kier alpha value is -2.86. The zero-order valence-corrected chi connectivity index (χ0v) is 16.9. The zero-order valence-electron chi connectivity index (χ0n) is 16.9. The molecule has 2 aromatic carbocycles. The van der Waals surface area contributed by atoms with Gasteiger partial charge in [0.25, 0.3) is 5.91 Å². The Labute approximate surface area is 172 Å². The van der Waals surface area contributed by atoms with E-state index in [4.69, 9.17) is 4.74 Å². The number of ether oxygens (including phenoxy) is 1. The summed E-state index contributed by atoms with van der Waals surface area (Å²) in [5.41, 5.74) is 1.74. The van der Waals surface area contributed by atoms with Crippen molar-refractivity contribution < 1.29 is 14.3 Å². The number of likely N-dealkylation sites (tertiary alicyclic amines) is 1. The largest absolute Gasteiger partial charge is 0.497 e. The van der Waals surface area contributed by atoms with E-state index in [-0.39, 0.29) is 24.3 Å². The minimum absolute atomic E-state index is 0.0644. The van der Waals surface area contributed by atoms with E-state index in [0.29, 0.717) is 18.7 Å². The number of hydrogen-bond donors (Lipinski definition) is 2. The maximum atomic E-state index is 12.3. The van der Waals surface area contributed by atoms with Crippen LogP contribution in [0.3, 0.4) is 0 Å². The Balaban J connectivity index is 1.50. The molecule has 1 atom stereocenters. The summed E-state index contributed by atoms with van der Waals surface area (Å²) in [6, 6.07) is 17.2. The van der Waals surface area contributed by atoms with Crippen molar-refractivity contribution in [1.29, 1.82) is 0 Å². The first-order chi connectivity index (χ1) is 14.2. The average molecular weight is 396 g/mol. The summed E-state index contributed by atoms with van der Waals surface area (Å²) in [7, 11) is 1.66. The lowest BCUT2D eigenvalue weighted by Crippen LogP contribution is -2.38. The van der Waals surface area contributed by atoms with E-state index in [1.54, 1.807) is 19.2 Å². The first-order valence-electron chi connectivity index (χ1n) is 10.2. The second-order valence-corrected chi connectivity index (χ2v) is 7.21. The molecule has 1 unspecified atom stereocenters. The Kier molecular flexibility index (Phi) is 7.64. The minimum atomic E-state index is -0.162. The first-order valence-corrected chi connectivity index (χ1v) is 10.2. The number of nitrogens with one attached hydrogen (secondary N) is 2. The normalized spacial score (nSPS) is 14.9. The Morgan fingerprint density at radius 3 is 2.52 bits per heavy atom. The SMILES string of the molecule is COc1cccc(C(CNC(=O)CCNC(=O)c2ccccc2)N2CCCC2)c1. The van der Waals surface area contributed by atoms with Crippen LogP contribution in [0, 0.1) is 0 Å². The molecule has 0 aromatic heterocycles. The molecule has 0 spiro atoms. The van der Waals surface area contributed by atoms with Crippen molar-refractivity contribution in [3.05, 3.63) is 65.7 Å². The fraction of sp³-hybridized carbons (Fsp3) is 0.391. The summed E-state index contributed by atoms with van der Waals surface area (Å²) in [6.07, 6.45) is 2.61. The van der Waals surface area contributed by atoms with Gasteiger partial charge < -0.3 is 15.4 Å². The van der Waals surface area contributed by atoms with Gasteiger partial charge in [0.2, 0.25) is 5.91 Å². The molecular weight excluding hydrogens is 366 g/mol. The fourth-order valence-electron chi connectivity index (χ4n) is 3.64. The smallest absolute Gasteiger partial charge is 0.251 e. The van der Waals surface area contributed by atoms with Crippen molar-refractivity contribution in [3.8, 4) is 5.75 Å². The van der Waals surface area contributed by atoms with Gasteiger partial charge in [-0.05, 0) is 55.8 Å². The van der Waals surface area contributed by atoms with Crippen molar-refractivity contribution in [2.24, 2.45) is 0 Å². The topological polar surface area (TPSA) is 70.7 Å². The first kappa shape index (κ1) is 20.9. The summed E-state index contributed by atoms with van der Waals surface area (Å²) >= 11 is 0. The highest BCUT2D eigenvalue weighted by molar-refractivity contribution is 5.94. The molecule has 2 aromatic rings. The summed E-state index contributed by atoms with van der Waals surface area (Å²) in [6.45, 7) is 2.92. The van der Waals surface area contributed by atoms with Gasteiger partial charge >= 0.3 is 0 Å².